The molecule has 1 N–H and O–H groups in total. The van der Waals surface area contributed by atoms with Gasteiger partial charge in [0.05, 0.1) is 10.5 Å². The van der Waals surface area contributed by atoms with Crippen LogP contribution in [-0.2, 0) is 6.52 Å². The van der Waals surface area contributed by atoms with Gasteiger partial charge in [-0.25, -0.2) is 23.7 Å². The third-order valence-corrected chi connectivity index (χ3v) is 5.03. The summed E-state index contributed by atoms with van der Waals surface area (Å²) in [4.78, 5) is 13.4. The van der Waals surface area contributed by atoms with Gasteiger partial charge in [-0.2, -0.15) is 0 Å². The van der Waals surface area contributed by atoms with E-state index in [0.717, 1.165) is 6.33 Å². The fraction of sp³-hybridized carbons (Fsp3) is 0.450. The molecule has 4 rings (SSSR count). The zero-order valence-electron chi connectivity index (χ0n) is 27.4. The molecule has 1 unspecified atom stereocenters. The lowest BCUT2D eigenvalue weighted by atomic mass is 10.0. The van der Waals surface area contributed by atoms with Gasteiger partial charge in [-0.05, 0) is 30.5 Å². The molecule has 1 aliphatic rings. The number of benzene rings is 1. The van der Waals surface area contributed by atoms with E-state index in [4.69, 9.17) is 17.9 Å². The molecule has 0 radical (unpaired) electrons. The number of nitrogens with one attached hydrogen (secondary N) is 1. The molecule has 0 aliphatic carbocycles. The third kappa shape index (κ3) is 4.28. The maximum Gasteiger partial charge on any atom is 0.162 e. The first-order valence-corrected chi connectivity index (χ1v) is 9.10. The number of aromatic nitrogens is 3. The maximum atomic E-state index is 14.2. The van der Waals surface area contributed by atoms with Gasteiger partial charge in [-0.15, -0.1) is 0 Å². The molecule has 1 saturated heterocycles. The van der Waals surface area contributed by atoms with Gasteiger partial charge in [0.25, 0.3) is 0 Å². The van der Waals surface area contributed by atoms with Crippen molar-refractivity contribution in [1.29, 1.82) is 0 Å². The van der Waals surface area contributed by atoms with E-state index >= 15 is 0 Å². The summed E-state index contributed by atoms with van der Waals surface area (Å²) in [6.45, 7) is -8.27. The summed E-state index contributed by atoms with van der Waals surface area (Å²) in [5.41, 5.74) is -0.731. The van der Waals surface area contributed by atoms with Crippen LogP contribution < -0.4 is 5.31 Å². The third-order valence-electron chi connectivity index (χ3n) is 4.05. The number of rotatable bonds is 5. The Bertz CT molecular complexity index is 1430. The van der Waals surface area contributed by atoms with E-state index in [1.165, 1.54) is 4.90 Å². The topological polar surface area (TPSA) is 53.9 Å². The smallest absolute Gasteiger partial charge is 0.162 e. The standard InChI is InChI=1S/C20H23F2N5S/c1-12(2)19-26-17-18(23-11-24-20(17)28-19)25-16-3-5-27(6-4-16)10-13-7-14(21)9-15(22)8-13/h7-9,11-12,16H,3-6,10H2,1-2H3,(H,23,24,25)/i1D3,2D3,7D,8D,9D,10D,12D,16D/hD. The fourth-order valence-corrected chi connectivity index (χ4v) is 3.53. The van der Waals surface area contributed by atoms with Crippen molar-refractivity contribution in [3.05, 3.63) is 46.7 Å². The van der Waals surface area contributed by atoms with Crippen LogP contribution in [0.4, 0.5) is 14.6 Å². The van der Waals surface area contributed by atoms with E-state index in [-0.39, 0.29) is 42.1 Å². The van der Waals surface area contributed by atoms with Crippen LogP contribution in [-0.4, -0.2) is 39.0 Å². The molecule has 3 heterocycles. The minimum atomic E-state index is -3.29. The highest BCUT2D eigenvalue weighted by Gasteiger charge is 2.21. The number of thiazole rings is 1. The number of anilines is 1. The second-order valence-corrected chi connectivity index (χ2v) is 6.98. The molecule has 8 heteroatoms. The van der Waals surface area contributed by atoms with E-state index in [1.807, 2.05) is 0 Å². The van der Waals surface area contributed by atoms with E-state index in [2.05, 4.69) is 15.0 Å². The Morgan fingerprint density at radius 1 is 1.39 bits per heavy atom. The van der Waals surface area contributed by atoms with Crippen LogP contribution in [0, 0.1) is 11.6 Å². The van der Waals surface area contributed by atoms with Crippen LogP contribution in [0.5, 0.6) is 0 Å². The highest BCUT2D eigenvalue weighted by Crippen LogP contribution is 2.29. The minimum absolute atomic E-state index is 0.00692. The lowest BCUT2D eigenvalue weighted by Crippen LogP contribution is -2.38. The van der Waals surface area contributed by atoms with Crippen molar-refractivity contribution < 1.29 is 26.6 Å². The summed E-state index contributed by atoms with van der Waals surface area (Å²) in [6.07, 6.45) is 0.785. The number of hydrogen-bond donors (Lipinski definition) is 1. The summed E-state index contributed by atoms with van der Waals surface area (Å²) in [5.74, 6) is -6.30. The number of likely N-dealkylation sites (tertiary alicyclic amines) is 1. The monoisotopic (exact) mass is 416 g/mol. The van der Waals surface area contributed by atoms with Gasteiger partial charge in [0.15, 0.2) is 7.23 Å². The molecular weight excluding hydrogens is 380 g/mol. The highest BCUT2D eigenvalue weighted by atomic mass is 32.1. The largest absolute Gasteiger partial charge is 0.365 e. The molecule has 3 aromatic rings. The van der Waals surface area contributed by atoms with Crippen LogP contribution in [0.1, 0.15) is 59.5 Å². The predicted octanol–water partition coefficient (Wildman–Crippen LogP) is 4.56. The summed E-state index contributed by atoms with van der Waals surface area (Å²) >= 11 is 0.559. The van der Waals surface area contributed by atoms with Crippen LogP contribution in [0.25, 0.3) is 10.3 Å². The Balaban J connectivity index is 1.63. The van der Waals surface area contributed by atoms with E-state index < -0.39 is 72.5 Å². The molecule has 0 amide bonds. The van der Waals surface area contributed by atoms with Crippen molar-refractivity contribution in [2.45, 2.75) is 45.0 Å². The fourth-order valence-electron chi connectivity index (χ4n) is 2.78. The van der Waals surface area contributed by atoms with Crippen molar-refractivity contribution >= 4 is 27.5 Å². The normalized spacial score (nSPS) is 26.4. The molecule has 1 aromatic carbocycles. The Labute approximate surface area is 185 Å². The Kier molecular flexibility index (Phi) is 2.61. The summed E-state index contributed by atoms with van der Waals surface area (Å²) in [7, 11) is 0. The molecular formula is C20H23F2N5S. The first-order valence-electron chi connectivity index (χ1n) is 14.8. The van der Waals surface area contributed by atoms with E-state index in [1.54, 1.807) is 0 Å². The van der Waals surface area contributed by atoms with Crippen LogP contribution in [0.3, 0.4) is 0 Å². The number of hydrogen-bond acceptors (Lipinski definition) is 6. The van der Waals surface area contributed by atoms with Crippen LogP contribution in [0.15, 0.2) is 24.5 Å². The molecule has 0 saturated carbocycles. The average molecular weight is 417 g/mol. The lowest BCUT2D eigenvalue weighted by molar-refractivity contribution is 0.211. The molecule has 0 spiro atoms. The van der Waals surface area contributed by atoms with Gasteiger partial charge in [-0.1, -0.05) is 25.0 Å². The number of nitrogens with zero attached hydrogens (tertiary/aromatic N) is 4. The zero-order chi connectivity index (χ0) is 30.9. The van der Waals surface area contributed by atoms with Crippen molar-refractivity contribution in [1.82, 2.24) is 19.9 Å². The van der Waals surface area contributed by atoms with Gasteiger partial charge in [-0.3, -0.25) is 4.90 Å². The predicted molar refractivity (Wildman–Crippen MR) is 108 cm³/mol. The Morgan fingerprint density at radius 2 is 2.14 bits per heavy atom. The first-order chi connectivity index (χ1) is 18.8. The van der Waals surface area contributed by atoms with Gasteiger partial charge in [0, 0.05) is 48.5 Å². The molecule has 148 valence electrons. The summed E-state index contributed by atoms with van der Waals surface area (Å²) in [6, 6.07) is -4.81. The maximum absolute atomic E-state index is 14.2. The minimum Gasteiger partial charge on any atom is -0.365 e. The molecule has 1 fully saturated rings. The van der Waals surface area contributed by atoms with Gasteiger partial charge in [0.2, 0.25) is 0 Å². The van der Waals surface area contributed by atoms with Crippen molar-refractivity contribution in [3.8, 4) is 0 Å². The van der Waals surface area contributed by atoms with Crippen LogP contribution in [0.2, 0.25) is 1.41 Å². The Morgan fingerprint density at radius 3 is 2.86 bits per heavy atom. The zero-order valence-corrected chi connectivity index (χ0v) is 15.2. The molecule has 5 nitrogen and oxygen atoms in total. The second-order valence-electron chi connectivity index (χ2n) is 6.00. The van der Waals surface area contributed by atoms with E-state index in [9.17, 15) is 8.78 Å². The quantitative estimate of drug-likeness (QED) is 0.661. The van der Waals surface area contributed by atoms with Crippen molar-refractivity contribution in [2.75, 3.05) is 18.4 Å². The molecule has 2 aromatic heterocycles. The molecule has 1 atom stereocenters. The van der Waals surface area contributed by atoms with Gasteiger partial charge in [0.1, 0.15) is 28.3 Å². The first kappa shape index (κ1) is 9.09. The molecule has 1 aliphatic heterocycles. The summed E-state index contributed by atoms with van der Waals surface area (Å²) < 4.78 is 132. The average Bonchev–Trinajstić information content (AvgIpc) is 3.34. The second kappa shape index (κ2) is 8.05. The Hall–Kier alpha value is -2.19. The SMILES string of the molecule is [2H]c1c(F)c([2H])c(C([2H])N2CCC([2H])(N([2H])c3ncnc4sc(C([2H])(C([2H])([2H])[2H])C([2H])([2H])[2H])nc34)CC2)c([2H])c1F. The van der Waals surface area contributed by atoms with E-state index in [0.29, 0.717) is 16.6 Å². The molecule has 0 bridgehead atoms. The molecule has 28 heavy (non-hydrogen) atoms. The van der Waals surface area contributed by atoms with Crippen LogP contribution >= 0.6 is 11.3 Å². The van der Waals surface area contributed by atoms with Gasteiger partial charge < -0.3 is 5.31 Å². The van der Waals surface area contributed by atoms with Gasteiger partial charge >= 0.3 is 0 Å². The lowest BCUT2D eigenvalue weighted by Gasteiger charge is -2.32. The van der Waals surface area contributed by atoms with Crippen molar-refractivity contribution in [3.63, 3.8) is 0 Å². The highest BCUT2D eigenvalue weighted by molar-refractivity contribution is 7.18. The summed E-state index contributed by atoms with van der Waals surface area (Å²) in [5, 5.41) is 0.122. The number of fused-ring (bicyclic) bond motifs is 1. The number of piperidine rings is 1. The van der Waals surface area contributed by atoms with Crippen molar-refractivity contribution in [2.24, 2.45) is 0 Å². The number of halogens is 2.